The number of aromatic nitrogens is 1. The molecule has 0 amide bonds. The minimum atomic E-state index is 0.702. The molecule has 0 saturated carbocycles. The van der Waals surface area contributed by atoms with E-state index < -0.39 is 0 Å². The van der Waals surface area contributed by atoms with E-state index in [1.54, 1.807) is 11.1 Å². The molecule has 0 radical (unpaired) electrons. The van der Waals surface area contributed by atoms with Gasteiger partial charge >= 0.3 is 0 Å². The van der Waals surface area contributed by atoms with Crippen LogP contribution in [-0.2, 0) is 6.42 Å². The van der Waals surface area contributed by atoms with Crippen molar-refractivity contribution in [3.63, 3.8) is 0 Å². The van der Waals surface area contributed by atoms with Gasteiger partial charge in [-0.3, -0.25) is 0 Å². The summed E-state index contributed by atoms with van der Waals surface area (Å²) in [6, 6.07) is 21.9. The molecule has 5 rings (SSSR count). The third-order valence-corrected chi connectivity index (χ3v) is 5.13. The minimum absolute atomic E-state index is 0.702. The van der Waals surface area contributed by atoms with Crippen molar-refractivity contribution >= 4 is 21.5 Å². The molecule has 1 unspecified atom stereocenters. The van der Waals surface area contributed by atoms with E-state index in [1.807, 2.05) is 24.5 Å². The van der Waals surface area contributed by atoms with Crippen LogP contribution in [0.25, 0.3) is 21.5 Å². The lowest BCUT2D eigenvalue weighted by atomic mass is 9.80. The van der Waals surface area contributed by atoms with Gasteiger partial charge in [-0.2, -0.15) is 0 Å². The maximum absolute atomic E-state index is 2.86. The van der Waals surface area contributed by atoms with Crippen molar-refractivity contribution in [3.8, 4) is 0 Å². The van der Waals surface area contributed by atoms with Crippen molar-refractivity contribution in [2.75, 3.05) is 0 Å². The standard InChI is InChI=1S/C19H18.C4H5N/c1-13-5-4-7-15-10-11-17-16-8-3-2-6-14(16)9-12-18(17)19(13)15;1-2-4-5-3-1/h2-3,6,8-13H,4-5,7H2,1H3;1-5H. The van der Waals surface area contributed by atoms with Gasteiger partial charge in [0, 0.05) is 12.4 Å². The Labute approximate surface area is 143 Å². The number of aromatic amines is 1. The lowest BCUT2D eigenvalue weighted by molar-refractivity contribution is 0.595. The van der Waals surface area contributed by atoms with Crippen molar-refractivity contribution in [2.24, 2.45) is 0 Å². The third-order valence-electron chi connectivity index (χ3n) is 5.13. The first-order valence-corrected chi connectivity index (χ1v) is 8.85. The van der Waals surface area contributed by atoms with Gasteiger partial charge < -0.3 is 4.98 Å². The molecule has 1 aliphatic rings. The summed E-state index contributed by atoms with van der Waals surface area (Å²) >= 11 is 0. The Bertz CT molecular complexity index is 933. The molecule has 120 valence electrons. The molecule has 1 aliphatic carbocycles. The summed E-state index contributed by atoms with van der Waals surface area (Å²) in [4.78, 5) is 2.86. The van der Waals surface area contributed by atoms with Gasteiger partial charge in [0.05, 0.1) is 0 Å². The predicted octanol–water partition coefficient (Wildman–Crippen LogP) is 6.45. The Morgan fingerprint density at radius 2 is 1.58 bits per heavy atom. The zero-order valence-corrected chi connectivity index (χ0v) is 14.1. The number of rotatable bonds is 0. The van der Waals surface area contributed by atoms with Crippen LogP contribution < -0.4 is 0 Å². The second-order valence-electron chi connectivity index (χ2n) is 6.70. The molecule has 0 aliphatic heterocycles. The third kappa shape index (κ3) is 2.71. The highest BCUT2D eigenvalue weighted by Gasteiger charge is 2.19. The lowest BCUT2D eigenvalue weighted by Crippen LogP contribution is -2.07. The molecular formula is C23H23N. The van der Waals surface area contributed by atoms with Crippen molar-refractivity contribution < 1.29 is 0 Å². The lowest BCUT2D eigenvalue weighted by Gasteiger charge is -2.24. The number of hydrogen-bond acceptors (Lipinski definition) is 0. The van der Waals surface area contributed by atoms with Crippen molar-refractivity contribution in [2.45, 2.75) is 32.1 Å². The normalized spacial score (nSPS) is 16.5. The van der Waals surface area contributed by atoms with E-state index in [0.29, 0.717) is 5.92 Å². The SMILES string of the molecule is CC1CCCc2ccc3c(ccc4ccccc43)c21.c1cc[nH]c1. The highest BCUT2D eigenvalue weighted by molar-refractivity contribution is 6.08. The van der Waals surface area contributed by atoms with E-state index in [2.05, 4.69) is 60.4 Å². The Morgan fingerprint density at radius 1 is 0.792 bits per heavy atom. The van der Waals surface area contributed by atoms with Gasteiger partial charge in [0.25, 0.3) is 0 Å². The first-order valence-electron chi connectivity index (χ1n) is 8.85. The number of aryl methyl sites for hydroxylation is 1. The Hall–Kier alpha value is -2.54. The van der Waals surface area contributed by atoms with Gasteiger partial charge in [-0.05, 0) is 70.0 Å². The summed E-state index contributed by atoms with van der Waals surface area (Å²) in [5, 5.41) is 5.63. The van der Waals surface area contributed by atoms with E-state index in [9.17, 15) is 0 Å². The van der Waals surface area contributed by atoms with Crippen molar-refractivity contribution in [1.82, 2.24) is 4.98 Å². The Kier molecular flexibility index (Phi) is 4.08. The van der Waals surface area contributed by atoms with Gasteiger partial charge in [-0.25, -0.2) is 0 Å². The monoisotopic (exact) mass is 313 g/mol. The molecule has 1 heteroatoms. The van der Waals surface area contributed by atoms with Crippen LogP contribution in [0.3, 0.4) is 0 Å². The van der Waals surface area contributed by atoms with Gasteiger partial charge in [0.15, 0.2) is 0 Å². The van der Waals surface area contributed by atoms with Crippen molar-refractivity contribution in [1.29, 1.82) is 0 Å². The zero-order chi connectivity index (χ0) is 16.4. The average Bonchev–Trinajstić information content (AvgIpc) is 3.21. The summed E-state index contributed by atoms with van der Waals surface area (Å²) in [6.45, 7) is 2.38. The number of hydrogen-bond donors (Lipinski definition) is 1. The first kappa shape index (κ1) is 15.0. The van der Waals surface area contributed by atoms with Crippen LogP contribution in [0.4, 0.5) is 0 Å². The largest absolute Gasteiger partial charge is 0.368 e. The molecule has 0 spiro atoms. The molecule has 3 aromatic carbocycles. The molecule has 1 N–H and O–H groups in total. The van der Waals surface area contributed by atoms with Gasteiger partial charge in [-0.1, -0.05) is 55.5 Å². The van der Waals surface area contributed by atoms with Crippen LogP contribution in [0.1, 0.15) is 36.8 Å². The van der Waals surface area contributed by atoms with Gasteiger partial charge in [0.1, 0.15) is 0 Å². The van der Waals surface area contributed by atoms with E-state index in [4.69, 9.17) is 0 Å². The fourth-order valence-corrected chi connectivity index (χ4v) is 3.98. The maximum Gasteiger partial charge on any atom is 0.000496 e. The summed E-state index contributed by atoms with van der Waals surface area (Å²) in [7, 11) is 0. The second-order valence-corrected chi connectivity index (χ2v) is 6.70. The summed E-state index contributed by atoms with van der Waals surface area (Å²) in [5.41, 5.74) is 3.18. The molecule has 1 nitrogen and oxygen atoms in total. The predicted molar refractivity (Wildman–Crippen MR) is 104 cm³/mol. The fraction of sp³-hybridized carbons (Fsp3) is 0.217. The van der Waals surface area contributed by atoms with E-state index in [1.165, 1.54) is 40.8 Å². The van der Waals surface area contributed by atoms with E-state index in [-0.39, 0.29) is 0 Å². The highest BCUT2D eigenvalue weighted by atomic mass is 14.6. The van der Waals surface area contributed by atoms with Crippen LogP contribution in [0, 0.1) is 0 Å². The number of fused-ring (bicyclic) bond motifs is 5. The molecule has 1 heterocycles. The van der Waals surface area contributed by atoms with Crippen LogP contribution in [0.2, 0.25) is 0 Å². The first-order chi connectivity index (χ1) is 11.8. The number of nitrogens with one attached hydrogen (secondary N) is 1. The number of H-pyrrole nitrogens is 1. The topological polar surface area (TPSA) is 15.8 Å². The van der Waals surface area contributed by atoms with Crippen LogP contribution in [0.15, 0.2) is 73.1 Å². The Morgan fingerprint density at radius 3 is 2.38 bits per heavy atom. The Balaban J connectivity index is 0.000000252. The molecular weight excluding hydrogens is 290 g/mol. The molecule has 1 aromatic heterocycles. The fourth-order valence-electron chi connectivity index (χ4n) is 3.98. The van der Waals surface area contributed by atoms with Crippen LogP contribution in [0.5, 0.6) is 0 Å². The summed E-state index contributed by atoms with van der Waals surface area (Å²) < 4.78 is 0. The number of benzene rings is 3. The molecule has 0 fully saturated rings. The molecule has 0 bridgehead atoms. The van der Waals surface area contributed by atoms with Gasteiger partial charge in [0.2, 0.25) is 0 Å². The van der Waals surface area contributed by atoms with Crippen LogP contribution >= 0.6 is 0 Å². The molecule has 24 heavy (non-hydrogen) atoms. The maximum atomic E-state index is 2.86. The molecule has 4 aromatic rings. The smallest absolute Gasteiger partial charge is 0.000496 e. The molecule has 0 saturated heterocycles. The van der Waals surface area contributed by atoms with E-state index >= 15 is 0 Å². The van der Waals surface area contributed by atoms with E-state index in [0.717, 1.165) is 0 Å². The zero-order valence-electron chi connectivity index (χ0n) is 14.1. The quantitative estimate of drug-likeness (QED) is 0.359. The van der Waals surface area contributed by atoms with Crippen molar-refractivity contribution in [3.05, 3.63) is 84.2 Å². The average molecular weight is 313 g/mol. The highest BCUT2D eigenvalue weighted by Crippen LogP contribution is 2.38. The van der Waals surface area contributed by atoms with Gasteiger partial charge in [-0.15, -0.1) is 0 Å². The summed E-state index contributed by atoms with van der Waals surface area (Å²) in [5.74, 6) is 0.702. The summed E-state index contributed by atoms with van der Waals surface area (Å²) in [6.07, 6.45) is 7.68. The minimum Gasteiger partial charge on any atom is -0.368 e. The molecule has 1 atom stereocenters. The van der Waals surface area contributed by atoms with Crippen LogP contribution in [-0.4, -0.2) is 4.98 Å². The second kappa shape index (κ2) is 6.52.